The zero-order valence-electron chi connectivity index (χ0n) is 11.9. The molecule has 0 amide bonds. The van der Waals surface area contributed by atoms with Crippen LogP contribution in [0.5, 0.6) is 5.75 Å². The van der Waals surface area contributed by atoms with Gasteiger partial charge in [-0.15, -0.1) is 0 Å². The van der Waals surface area contributed by atoms with E-state index in [1.54, 1.807) is 20.1 Å². The lowest BCUT2D eigenvalue weighted by Crippen LogP contribution is -2.10. The molecule has 21 heavy (non-hydrogen) atoms. The lowest BCUT2D eigenvalue weighted by Gasteiger charge is -2.12. The van der Waals surface area contributed by atoms with Gasteiger partial charge in [-0.2, -0.15) is 0 Å². The second-order valence-corrected chi connectivity index (χ2v) is 4.20. The first-order valence-electron chi connectivity index (χ1n) is 6.48. The Labute approximate surface area is 122 Å². The summed E-state index contributed by atoms with van der Waals surface area (Å²) in [6.07, 6.45) is 1.51. The van der Waals surface area contributed by atoms with Crippen LogP contribution in [0.2, 0.25) is 0 Å². The number of nitrogens with one attached hydrogen (secondary N) is 1. The highest BCUT2D eigenvalue weighted by Gasteiger charge is 2.14. The molecule has 0 fully saturated rings. The van der Waals surface area contributed by atoms with E-state index in [0.717, 1.165) is 5.69 Å². The number of pyridine rings is 1. The Morgan fingerprint density at radius 1 is 1.38 bits per heavy atom. The highest BCUT2D eigenvalue weighted by atomic mass is 16.5. The molecule has 0 saturated heterocycles. The van der Waals surface area contributed by atoms with Gasteiger partial charge < -0.3 is 20.5 Å². The van der Waals surface area contributed by atoms with E-state index in [1.165, 1.54) is 12.3 Å². The number of nitrogens with two attached hydrogens (primary N) is 1. The van der Waals surface area contributed by atoms with Gasteiger partial charge in [0.2, 0.25) is 0 Å². The van der Waals surface area contributed by atoms with Gasteiger partial charge in [-0.3, -0.25) is 0 Å². The van der Waals surface area contributed by atoms with Crippen LogP contribution in [0.15, 0.2) is 36.5 Å². The lowest BCUT2D eigenvalue weighted by atomic mass is 10.2. The number of carbonyl (C=O) groups excluding carboxylic acids is 1. The van der Waals surface area contributed by atoms with Crippen LogP contribution < -0.4 is 15.8 Å². The lowest BCUT2D eigenvalue weighted by molar-refractivity contribution is 0.0527. The Morgan fingerprint density at radius 3 is 2.90 bits per heavy atom. The number of hydrogen-bond donors (Lipinski definition) is 2. The minimum atomic E-state index is -0.467. The predicted molar refractivity (Wildman–Crippen MR) is 80.9 cm³/mol. The molecule has 1 heterocycles. The van der Waals surface area contributed by atoms with E-state index in [1.807, 2.05) is 18.2 Å². The highest BCUT2D eigenvalue weighted by Crippen LogP contribution is 2.26. The quantitative estimate of drug-likeness (QED) is 0.822. The number of methoxy groups -OCH3 is 1. The van der Waals surface area contributed by atoms with Crippen molar-refractivity contribution in [1.82, 2.24) is 4.98 Å². The van der Waals surface area contributed by atoms with Crippen molar-refractivity contribution in [2.75, 3.05) is 24.8 Å². The first-order valence-corrected chi connectivity index (χ1v) is 6.48. The van der Waals surface area contributed by atoms with E-state index >= 15 is 0 Å². The van der Waals surface area contributed by atoms with E-state index < -0.39 is 5.97 Å². The number of rotatable bonds is 5. The maximum absolute atomic E-state index is 11.8. The van der Waals surface area contributed by atoms with Crippen LogP contribution in [0.1, 0.15) is 17.3 Å². The van der Waals surface area contributed by atoms with Crippen LogP contribution in [0, 0.1) is 0 Å². The van der Waals surface area contributed by atoms with Crippen molar-refractivity contribution in [2.45, 2.75) is 6.92 Å². The fourth-order valence-electron chi connectivity index (χ4n) is 1.80. The first-order chi connectivity index (χ1) is 10.2. The number of esters is 1. The normalized spacial score (nSPS) is 10.0. The Bertz CT molecular complexity index is 644. The third kappa shape index (κ3) is 3.42. The minimum absolute atomic E-state index is 0.249. The molecule has 110 valence electrons. The molecule has 1 aromatic heterocycles. The number of benzene rings is 1. The summed E-state index contributed by atoms with van der Waals surface area (Å²) in [4.78, 5) is 15.9. The van der Waals surface area contributed by atoms with Crippen molar-refractivity contribution in [3.05, 3.63) is 42.1 Å². The molecule has 0 radical (unpaired) electrons. The van der Waals surface area contributed by atoms with Gasteiger partial charge in [-0.05, 0) is 25.1 Å². The predicted octanol–water partition coefficient (Wildman–Crippen LogP) is 2.59. The molecule has 6 nitrogen and oxygen atoms in total. The fraction of sp³-hybridized carbons (Fsp3) is 0.200. The molecule has 2 aromatic rings. The van der Waals surface area contributed by atoms with Crippen LogP contribution in [0.25, 0.3) is 0 Å². The Hall–Kier alpha value is -2.76. The van der Waals surface area contributed by atoms with Crippen LogP contribution in [0.4, 0.5) is 17.2 Å². The molecular formula is C15H17N3O3. The summed E-state index contributed by atoms with van der Waals surface area (Å²) in [6.45, 7) is 2.03. The standard InChI is InChI=1S/C15H17N3O3/c1-3-21-15(19)12-7-8-17-14(13(12)16)18-10-5-4-6-11(9-10)20-2/h4-9H,3,16H2,1-2H3,(H,17,18). The van der Waals surface area contributed by atoms with Crippen LogP contribution in [-0.2, 0) is 4.74 Å². The summed E-state index contributed by atoms with van der Waals surface area (Å²) >= 11 is 0. The average Bonchev–Trinajstić information content (AvgIpc) is 2.50. The molecule has 0 saturated carbocycles. The molecule has 0 aliphatic carbocycles. The van der Waals surface area contributed by atoms with Crippen LogP contribution in [0.3, 0.4) is 0 Å². The molecule has 0 bridgehead atoms. The SMILES string of the molecule is CCOC(=O)c1ccnc(Nc2cccc(OC)c2)c1N. The number of ether oxygens (including phenoxy) is 2. The summed E-state index contributed by atoms with van der Waals surface area (Å²) < 4.78 is 10.1. The average molecular weight is 287 g/mol. The Balaban J connectivity index is 2.28. The highest BCUT2D eigenvalue weighted by molar-refractivity contribution is 5.98. The van der Waals surface area contributed by atoms with Gasteiger partial charge in [0.05, 0.1) is 25.0 Å². The Kier molecular flexibility index (Phi) is 4.61. The molecule has 0 atom stereocenters. The van der Waals surface area contributed by atoms with Crippen molar-refractivity contribution in [3.8, 4) is 5.75 Å². The van der Waals surface area contributed by atoms with E-state index in [4.69, 9.17) is 15.2 Å². The number of anilines is 3. The van der Waals surface area contributed by atoms with E-state index in [9.17, 15) is 4.79 Å². The van der Waals surface area contributed by atoms with Gasteiger partial charge in [0.25, 0.3) is 0 Å². The number of nitrogen functional groups attached to an aromatic ring is 1. The van der Waals surface area contributed by atoms with Gasteiger partial charge in [0.15, 0.2) is 5.82 Å². The first kappa shape index (κ1) is 14.6. The van der Waals surface area contributed by atoms with Crippen molar-refractivity contribution in [3.63, 3.8) is 0 Å². The smallest absolute Gasteiger partial charge is 0.340 e. The van der Waals surface area contributed by atoms with Gasteiger partial charge >= 0.3 is 5.97 Å². The molecule has 1 aromatic carbocycles. The molecule has 0 aliphatic heterocycles. The molecule has 6 heteroatoms. The van der Waals surface area contributed by atoms with Gasteiger partial charge in [-0.1, -0.05) is 6.07 Å². The second-order valence-electron chi connectivity index (χ2n) is 4.20. The summed E-state index contributed by atoms with van der Waals surface area (Å²) in [6, 6.07) is 8.85. The molecule has 0 aliphatic rings. The largest absolute Gasteiger partial charge is 0.497 e. The van der Waals surface area contributed by atoms with Gasteiger partial charge in [0, 0.05) is 18.0 Å². The zero-order valence-corrected chi connectivity index (χ0v) is 11.9. The summed E-state index contributed by atoms with van der Waals surface area (Å²) in [7, 11) is 1.59. The Morgan fingerprint density at radius 2 is 2.19 bits per heavy atom. The maximum atomic E-state index is 11.8. The van der Waals surface area contributed by atoms with Crippen LogP contribution in [-0.4, -0.2) is 24.7 Å². The fourth-order valence-corrected chi connectivity index (χ4v) is 1.80. The second kappa shape index (κ2) is 6.60. The van der Waals surface area contributed by atoms with Crippen molar-refractivity contribution in [1.29, 1.82) is 0 Å². The minimum Gasteiger partial charge on any atom is -0.497 e. The number of hydrogen-bond acceptors (Lipinski definition) is 6. The molecule has 3 N–H and O–H groups in total. The molecular weight excluding hydrogens is 270 g/mol. The molecule has 0 unspecified atom stereocenters. The number of nitrogens with zero attached hydrogens (tertiary/aromatic N) is 1. The maximum Gasteiger partial charge on any atom is 0.340 e. The van der Waals surface area contributed by atoms with E-state index in [-0.39, 0.29) is 11.3 Å². The van der Waals surface area contributed by atoms with Gasteiger partial charge in [0.1, 0.15) is 5.75 Å². The molecule has 2 rings (SSSR count). The monoisotopic (exact) mass is 287 g/mol. The zero-order chi connectivity index (χ0) is 15.2. The topological polar surface area (TPSA) is 86.5 Å². The van der Waals surface area contributed by atoms with Crippen molar-refractivity contribution >= 4 is 23.2 Å². The third-order valence-electron chi connectivity index (χ3n) is 2.82. The summed E-state index contributed by atoms with van der Waals surface area (Å²) in [5.74, 6) is 0.639. The van der Waals surface area contributed by atoms with Crippen molar-refractivity contribution < 1.29 is 14.3 Å². The van der Waals surface area contributed by atoms with E-state index in [0.29, 0.717) is 18.2 Å². The van der Waals surface area contributed by atoms with Crippen LogP contribution >= 0.6 is 0 Å². The van der Waals surface area contributed by atoms with E-state index in [2.05, 4.69) is 10.3 Å². The summed E-state index contributed by atoms with van der Waals surface area (Å²) in [5.41, 5.74) is 7.27. The number of carbonyl (C=O) groups is 1. The van der Waals surface area contributed by atoms with Crippen molar-refractivity contribution in [2.24, 2.45) is 0 Å². The van der Waals surface area contributed by atoms with Gasteiger partial charge in [-0.25, -0.2) is 9.78 Å². The number of aromatic nitrogens is 1. The third-order valence-corrected chi connectivity index (χ3v) is 2.82. The summed E-state index contributed by atoms with van der Waals surface area (Å²) in [5, 5.41) is 3.06. The molecule has 0 spiro atoms.